The highest BCUT2D eigenvalue weighted by atomic mass is 32.1. The molecule has 1 aliphatic carbocycles. The molecule has 35 heavy (non-hydrogen) atoms. The Balaban J connectivity index is 1.59. The monoisotopic (exact) mass is 494 g/mol. The van der Waals surface area contributed by atoms with Crippen molar-refractivity contribution < 1.29 is 18.3 Å². The molecule has 1 saturated carbocycles. The Hall–Kier alpha value is -3.86. The van der Waals surface area contributed by atoms with Crippen LogP contribution in [0.1, 0.15) is 58.9 Å². The standard InChI is InChI=1S/C24H20F2N6O2S/c1-3-13-6-7-17(29-13)18-8-14(15-9-19(21(25)26)28-11-20(15)34-2)16(10-27-18)22(33)30-24-32-31-23(35-24)12-4-5-12/h3,6-12,21H,4-5H2,1-2H3,(H,30,32,33)/b13-3+. The SMILES string of the molecule is C/C=C1\C=CC(c2cc(-c3cc(C(F)F)ncc3OC)c(C(=O)Nc3nnc(C4CC4)s3)cn2)=N1. The van der Waals surface area contributed by atoms with Crippen molar-refractivity contribution in [1.82, 2.24) is 20.2 Å². The van der Waals surface area contributed by atoms with Gasteiger partial charge in [-0.15, -0.1) is 10.2 Å². The van der Waals surface area contributed by atoms with Gasteiger partial charge in [0.2, 0.25) is 5.13 Å². The van der Waals surface area contributed by atoms with Crippen LogP contribution >= 0.6 is 11.3 Å². The van der Waals surface area contributed by atoms with Crippen molar-refractivity contribution in [2.75, 3.05) is 12.4 Å². The third-order valence-corrected chi connectivity index (χ3v) is 6.58. The number of ether oxygens (including phenoxy) is 1. The van der Waals surface area contributed by atoms with E-state index in [1.54, 1.807) is 12.1 Å². The van der Waals surface area contributed by atoms with Crippen LogP contribution in [0.3, 0.4) is 0 Å². The van der Waals surface area contributed by atoms with E-state index in [-0.39, 0.29) is 16.9 Å². The molecule has 1 fully saturated rings. The molecule has 0 bridgehead atoms. The Labute approximate surface area is 203 Å². The summed E-state index contributed by atoms with van der Waals surface area (Å²) in [7, 11) is 1.41. The van der Waals surface area contributed by atoms with Crippen molar-refractivity contribution in [2.45, 2.75) is 32.1 Å². The van der Waals surface area contributed by atoms with Gasteiger partial charge in [0.05, 0.1) is 36.0 Å². The lowest BCUT2D eigenvalue weighted by Gasteiger charge is -2.14. The maximum Gasteiger partial charge on any atom is 0.280 e. The van der Waals surface area contributed by atoms with Gasteiger partial charge in [-0.25, -0.2) is 13.8 Å². The molecule has 178 valence electrons. The van der Waals surface area contributed by atoms with Crippen LogP contribution in [0.5, 0.6) is 5.75 Å². The Morgan fingerprint density at radius 2 is 2.00 bits per heavy atom. The number of rotatable bonds is 7. The zero-order valence-corrected chi connectivity index (χ0v) is 19.6. The zero-order chi connectivity index (χ0) is 24.5. The number of carbonyl (C=O) groups is 1. The molecule has 0 aromatic carbocycles. The molecule has 1 aliphatic heterocycles. The number of hydrogen-bond acceptors (Lipinski definition) is 8. The Morgan fingerprint density at radius 1 is 1.17 bits per heavy atom. The number of aromatic nitrogens is 4. The minimum absolute atomic E-state index is 0.162. The molecule has 1 N–H and O–H groups in total. The van der Waals surface area contributed by atoms with Gasteiger partial charge in [-0.1, -0.05) is 17.4 Å². The lowest BCUT2D eigenvalue weighted by molar-refractivity contribution is 0.102. The average molecular weight is 495 g/mol. The molecule has 3 aromatic heterocycles. The number of nitrogens with zero attached hydrogens (tertiary/aromatic N) is 5. The number of anilines is 1. The molecule has 4 heterocycles. The predicted molar refractivity (Wildman–Crippen MR) is 128 cm³/mol. The second-order valence-corrected chi connectivity index (χ2v) is 8.95. The maximum absolute atomic E-state index is 13.5. The number of pyridine rings is 2. The number of aliphatic imine (C=N–C) groups is 1. The first kappa shape index (κ1) is 22.9. The summed E-state index contributed by atoms with van der Waals surface area (Å²) in [5.41, 5.74) is 2.21. The molecule has 3 aromatic rings. The summed E-state index contributed by atoms with van der Waals surface area (Å²) in [6.45, 7) is 1.87. The molecular weight excluding hydrogens is 474 g/mol. The molecule has 8 nitrogen and oxygen atoms in total. The number of methoxy groups -OCH3 is 1. The third-order valence-electron chi connectivity index (χ3n) is 5.58. The van der Waals surface area contributed by atoms with Crippen molar-refractivity contribution in [3.8, 4) is 16.9 Å². The second kappa shape index (κ2) is 9.41. The molecule has 0 unspecified atom stereocenters. The van der Waals surface area contributed by atoms with E-state index in [9.17, 15) is 13.6 Å². The molecule has 0 saturated heterocycles. The van der Waals surface area contributed by atoms with Gasteiger partial charge in [0.15, 0.2) is 0 Å². The van der Waals surface area contributed by atoms with Crippen molar-refractivity contribution in [3.05, 3.63) is 70.4 Å². The van der Waals surface area contributed by atoms with E-state index in [4.69, 9.17) is 4.74 Å². The van der Waals surface area contributed by atoms with Gasteiger partial charge in [0.25, 0.3) is 12.3 Å². The lowest BCUT2D eigenvalue weighted by Crippen LogP contribution is -2.15. The summed E-state index contributed by atoms with van der Waals surface area (Å²) < 4.78 is 32.4. The molecule has 11 heteroatoms. The van der Waals surface area contributed by atoms with Crippen LogP contribution in [-0.2, 0) is 0 Å². The highest BCUT2D eigenvalue weighted by molar-refractivity contribution is 7.15. The fraction of sp³-hybridized carbons (Fsp3) is 0.250. The number of carbonyl (C=O) groups excluding carboxylic acids is 1. The number of allylic oxidation sites excluding steroid dienone is 3. The van der Waals surface area contributed by atoms with E-state index in [0.29, 0.717) is 28.0 Å². The number of halogens is 2. The van der Waals surface area contributed by atoms with Crippen LogP contribution in [0.25, 0.3) is 11.1 Å². The molecule has 0 radical (unpaired) electrons. The fourth-order valence-corrected chi connectivity index (χ4v) is 4.48. The normalized spacial score (nSPS) is 16.1. The van der Waals surface area contributed by atoms with Crippen LogP contribution in [0, 0.1) is 0 Å². The summed E-state index contributed by atoms with van der Waals surface area (Å²) in [6.07, 6.45) is 7.46. The molecular formula is C24H20F2N6O2S. The fourth-order valence-electron chi connectivity index (χ4n) is 3.58. The van der Waals surface area contributed by atoms with Gasteiger partial charge in [-0.3, -0.25) is 20.1 Å². The molecule has 1 amide bonds. The van der Waals surface area contributed by atoms with Crippen molar-refractivity contribution in [1.29, 1.82) is 0 Å². The minimum Gasteiger partial charge on any atom is -0.494 e. The van der Waals surface area contributed by atoms with Gasteiger partial charge in [0, 0.05) is 23.2 Å². The van der Waals surface area contributed by atoms with E-state index < -0.39 is 18.0 Å². The van der Waals surface area contributed by atoms with E-state index in [0.717, 1.165) is 23.5 Å². The van der Waals surface area contributed by atoms with Crippen molar-refractivity contribution >= 4 is 28.1 Å². The second-order valence-electron chi connectivity index (χ2n) is 7.94. The molecule has 0 spiro atoms. The summed E-state index contributed by atoms with van der Waals surface area (Å²) in [5, 5.41) is 12.2. The first-order valence-corrected chi connectivity index (χ1v) is 11.7. The topological polar surface area (TPSA) is 102 Å². The average Bonchev–Trinajstić information content (AvgIpc) is 3.42. The van der Waals surface area contributed by atoms with Crippen LogP contribution in [0.4, 0.5) is 13.9 Å². The maximum atomic E-state index is 13.5. The number of amides is 1. The first-order valence-electron chi connectivity index (χ1n) is 10.9. The van der Waals surface area contributed by atoms with Gasteiger partial charge in [0.1, 0.15) is 16.5 Å². The largest absolute Gasteiger partial charge is 0.494 e. The third kappa shape index (κ3) is 4.72. The smallest absolute Gasteiger partial charge is 0.280 e. The molecule has 5 rings (SSSR count). The Morgan fingerprint density at radius 3 is 2.69 bits per heavy atom. The minimum atomic E-state index is -2.79. The van der Waals surface area contributed by atoms with Crippen LogP contribution in [0.15, 0.2) is 53.4 Å². The van der Waals surface area contributed by atoms with E-state index in [1.807, 2.05) is 19.1 Å². The summed E-state index contributed by atoms with van der Waals surface area (Å²) >= 11 is 1.33. The van der Waals surface area contributed by atoms with Crippen LogP contribution in [0.2, 0.25) is 0 Å². The van der Waals surface area contributed by atoms with Crippen LogP contribution < -0.4 is 10.1 Å². The van der Waals surface area contributed by atoms with E-state index in [1.165, 1.54) is 36.9 Å². The van der Waals surface area contributed by atoms with Gasteiger partial charge < -0.3 is 4.74 Å². The number of nitrogens with one attached hydrogen (secondary N) is 1. The van der Waals surface area contributed by atoms with E-state index in [2.05, 4.69) is 30.5 Å². The lowest BCUT2D eigenvalue weighted by atomic mass is 9.98. The molecule has 2 aliphatic rings. The van der Waals surface area contributed by atoms with Crippen molar-refractivity contribution in [2.24, 2.45) is 4.99 Å². The van der Waals surface area contributed by atoms with Gasteiger partial charge in [-0.2, -0.15) is 0 Å². The summed E-state index contributed by atoms with van der Waals surface area (Å²) in [4.78, 5) is 26.0. The first-order chi connectivity index (χ1) is 17.0. The highest BCUT2D eigenvalue weighted by Crippen LogP contribution is 2.42. The summed E-state index contributed by atoms with van der Waals surface area (Å²) in [6, 6.07) is 2.86. The molecule has 0 atom stereocenters. The van der Waals surface area contributed by atoms with Crippen molar-refractivity contribution in [3.63, 3.8) is 0 Å². The Bertz CT molecular complexity index is 1390. The Kier molecular flexibility index (Phi) is 6.16. The van der Waals surface area contributed by atoms with Gasteiger partial charge >= 0.3 is 0 Å². The van der Waals surface area contributed by atoms with Crippen LogP contribution in [-0.4, -0.2) is 38.9 Å². The zero-order valence-electron chi connectivity index (χ0n) is 18.8. The number of hydrogen-bond donors (Lipinski definition) is 1. The number of alkyl halides is 2. The predicted octanol–water partition coefficient (Wildman–Crippen LogP) is 5.33. The highest BCUT2D eigenvalue weighted by Gasteiger charge is 2.28. The summed E-state index contributed by atoms with van der Waals surface area (Å²) in [5.74, 6) is 0.157. The van der Waals surface area contributed by atoms with Gasteiger partial charge in [-0.05, 0) is 44.1 Å². The quantitative estimate of drug-likeness (QED) is 0.476. The van der Waals surface area contributed by atoms with E-state index >= 15 is 0 Å².